The third kappa shape index (κ3) is 2.09. The van der Waals surface area contributed by atoms with Crippen molar-refractivity contribution < 1.29 is 0 Å². The molecule has 1 aromatic heterocycles. The van der Waals surface area contributed by atoms with Crippen LogP contribution >= 0.6 is 0 Å². The highest BCUT2D eigenvalue weighted by molar-refractivity contribution is 5.00. The fourth-order valence-corrected chi connectivity index (χ4v) is 5.58. The topological polar surface area (TPSA) is 56.7 Å². The van der Waals surface area contributed by atoms with E-state index in [0.717, 1.165) is 47.7 Å². The van der Waals surface area contributed by atoms with Gasteiger partial charge >= 0.3 is 0 Å². The molecular weight excluding hydrogens is 248 g/mol. The summed E-state index contributed by atoms with van der Waals surface area (Å²) in [5.74, 6) is 7.06. The minimum atomic E-state index is 0.450. The quantitative estimate of drug-likeness (QED) is 0.916. The van der Waals surface area contributed by atoms with Crippen LogP contribution in [0.25, 0.3) is 0 Å². The van der Waals surface area contributed by atoms with Crippen molar-refractivity contribution in [3.8, 4) is 0 Å². The fraction of sp³-hybridized carbons (Fsp3) is 0.875. The van der Waals surface area contributed by atoms with Gasteiger partial charge in [-0.3, -0.25) is 4.68 Å². The maximum absolute atomic E-state index is 5.63. The van der Waals surface area contributed by atoms with Crippen molar-refractivity contribution in [2.75, 3.05) is 0 Å². The summed E-state index contributed by atoms with van der Waals surface area (Å²) in [7, 11) is 2.00. The zero-order valence-corrected chi connectivity index (χ0v) is 12.5. The molecule has 0 atom stereocenters. The molecule has 4 aliphatic rings. The second-order valence-electron chi connectivity index (χ2n) is 7.41. The largest absolute Gasteiger partial charge is 0.324 e. The summed E-state index contributed by atoms with van der Waals surface area (Å²) in [5, 5.41) is 4.36. The second-order valence-corrected chi connectivity index (χ2v) is 7.41. The van der Waals surface area contributed by atoms with E-state index in [4.69, 9.17) is 5.73 Å². The summed E-state index contributed by atoms with van der Waals surface area (Å²) in [6, 6.07) is 0. The molecule has 20 heavy (non-hydrogen) atoms. The SMILES string of the molecule is Cn1nc(CN)nc1CCC1C2CC3CC(C2)CC1C3. The van der Waals surface area contributed by atoms with E-state index in [0.29, 0.717) is 6.54 Å². The molecule has 0 aliphatic heterocycles. The van der Waals surface area contributed by atoms with Gasteiger partial charge in [0, 0.05) is 13.5 Å². The highest BCUT2D eigenvalue weighted by Crippen LogP contribution is 2.57. The van der Waals surface area contributed by atoms with Gasteiger partial charge < -0.3 is 5.73 Å². The first-order valence-corrected chi connectivity index (χ1v) is 8.31. The Balaban J connectivity index is 1.43. The van der Waals surface area contributed by atoms with Crippen molar-refractivity contribution in [1.29, 1.82) is 0 Å². The molecule has 0 aromatic carbocycles. The molecule has 4 aliphatic carbocycles. The van der Waals surface area contributed by atoms with E-state index in [2.05, 4.69) is 10.1 Å². The summed E-state index contributed by atoms with van der Waals surface area (Å²) < 4.78 is 1.93. The predicted molar refractivity (Wildman–Crippen MR) is 77.8 cm³/mol. The van der Waals surface area contributed by atoms with Crippen molar-refractivity contribution in [1.82, 2.24) is 14.8 Å². The van der Waals surface area contributed by atoms with Gasteiger partial charge in [0.2, 0.25) is 0 Å². The maximum atomic E-state index is 5.63. The van der Waals surface area contributed by atoms with E-state index in [1.54, 1.807) is 6.42 Å². The van der Waals surface area contributed by atoms with Crippen LogP contribution in [0, 0.1) is 29.6 Å². The number of aryl methyl sites for hydroxylation is 2. The maximum Gasteiger partial charge on any atom is 0.164 e. The standard InChI is InChI=1S/C16H26N4/c1-20-16(18-15(9-17)19-20)3-2-14-12-5-10-4-11(7-12)8-13(14)6-10/h10-14H,2-9,17H2,1H3. The number of rotatable bonds is 4. The van der Waals surface area contributed by atoms with Crippen LogP contribution in [0.3, 0.4) is 0 Å². The molecule has 1 aromatic rings. The molecule has 0 radical (unpaired) electrons. The Morgan fingerprint density at radius 1 is 1.10 bits per heavy atom. The van der Waals surface area contributed by atoms with Crippen molar-refractivity contribution in [3.63, 3.8) is 0 Å². The molecule has 4 nitrogen and oxygen atoms in total. The molecule has 0 spiro atoms. The zero-order chi connectivity index (χ0) is 13.7. The number of aromatic nitrogens is 3. The monoisotopic (exact) mass is 274 g/mol. The lowest BCUT2D eigenvalue weighted by Gasteiger charge is -2.54. The van der Waals surface area contributed by atoms with Gasteiger partial charge in [0.15, 0.2) is 5.82 Å². The molecule has 4 heteroatoms. The Morgan fingerprint density at radius 2 is 1.75 bits per heavy atom. The van der Waals surface area contributed by atoms with Crippen molar-refractivity contribution in [2.45, 2.75) is 51.5 Å². The number of nitrogens with zero attached hydrogens (tertiary/aromatic N) is 3. The molecule has 110 valence electrons. The minimum absolute atomic E-state index is 0.450. The van der Waals surface area contributed by atoms with Gasteiger partial charge in [0.1, 0.15) is 5.82 Å². The Labute approximate surface area is 121 Å². The smallest absolute Gasteiger partial charge is 0.164 e. The number of nitrogens with two attached hydrogens (primary N) is 1. The first-order valence-electron chi connectivity index (χ1n) is 8.31. The van der Waals surface area contributed by atoms with Gasteiger partial charge in [-0.1, -0.05) is 0 Å². The van der Waals surface area contributed by atoms with E-state index in [1.807, 2.05) is 11.7 Å². The van der Waals surface area contributed by atoms with E-state index < -0.39 is 0 Å². The summed E-state index contributed by atoms with van der Waals surface area (Å²) in [4.78, 5) is 4.56. The first kappa shape index (κ1) is 12.8. The van der Waals surface area contributed by atoms with E-state index in [1.165, 1.54) is 32.1 Å². The van der Waals surface area contributed by atoms with Crippen molar-refractivity contribution in [2.24, 2.45) is 42.4 Å². The molecule has 4 fully saturated rings. The van der Waals surface area contributed by atoms with Gasteiger partial charge in [-0.25, -0.2) is 4.98 Å². The number of hydrogen-bond acceptors (Lipinski definition) is 3. The Kier molecular flexibility index (Phi) is 3.09. The lowest BCUT2D eigenvalue weighted by Crippen LogP contribution is -2.45. The van der Waals surface area contributed by atoms with Gasteiger partial charge in [-0.05, 0) is 68.1 Å². The van der Waals surface area contributed by atoms with E-state index >= 15 is 0 Å². The summed E-state index contributed by atoms with van der Waals surface area (Å²) >= 11 is 0. The molecule has 2 N–H and O–H groups in total. The van der Waals surface area contributed by atoms with Gasteiger partial charge in [0.05, 0.1) is 6.54 Å². The highest BCUT2D eigenvalue weighted by atomic mass is 15.3. The average Bonchev–Trinajstić information content (AvgIpc) is 2.78. The normalized spacial score (nSPS) is 38.6. The Hall–Kier alpha value is -0.900. The van der Waals surface area contributed by atoms with Crippen molar-refractivity contribution >= 4 is 0 Å². The summed E-state index contributed by atoms with van der Waals surface area (Å²) in [6.45, 7) is 0.450. The highest BCUT2D eigenvalue weighted by Gasteiger charge is 2.47. The molecule has 4 bridgehead atoms. The zero-order valence-electron chi connectivity index (χ0n) is 12.5. The van der Waals surface area contributed by atoms with E-state index in [9.17, 15) is 0 Å². The molecule has 0 amide bonds. The van der Waals surface area contributed by atoms with Crippen LogP contribution in [0.1, 0.15) is 50.2 Å². The molecule has 0 unspecified atom stereocenters. The minimum Gasteiger partial charge on any atom is -0.324 e. The van der Waals surface area contributed by atoms with Crippen LogP contribution in [0.2, 0.25) is 0 Å². The van der Waals surface area contributed by atoms with Crippen LogP contribution in [-0.4, -0.2) is 14.8 Å². The first-order chi connectivity index (χ1) is 9.72. The van der Waals surface area contributed by atoms with Gasteiger partial charge in [0.25, 0.3) is 0 Å². The summed E-state index contributed by atoms with van der Waals surface area (Å²) in [5.41, 5.74) is 5.63. The van der Waals surface area contributed by atoms with Crippen LogP contribution in [0.5, 0.6) is 0 Å². The van der Waals surface area contributed by atoms with Crippen LogP contribution < -0.4 is 5.73 Å². The van der Waals surface area contributed by atoms with Crippen LogP contribution in [-0.2, 0) is 20.0 Å². The Morgan fingerprint density at radius 3 is 2.30 bits per heavy atom. The lowest BCUT2D eigenvalue weighted by atomic mass is 9.51. The Bertz CT molecular complexity index is 465. The van der Waals surface area contributed by atoms with Crippen LogP contribution in [0.15, 0.2) is 0 Å². The third-order valence-corrected chi connectivity index (χ3v) is 6.20. The molecular formula is C16H26N4. The number of hydrogen-bond donors (Lipinski definition) is 1. The van der Waals surface area contributed by atoms with Crippen LogP contribution in [0.4, 0.5) is 0 Å². The molecule has 4 saturated carbocycles. The predicted octanol–water partition coefficient (Wildman–Crippen LogP) is 2.28. The lowest BCUT2D eigenvalue weighted by molar-refractivity contribution is -0.0396. The summed E-state index contributed by atoms with van der Waals surface area (Å²) in [6.07, 6.45) is 10.0. The third-order valence-electron chi connectivity index (χ3n) is 6.20. The molecule has 1 heterocycles. The molecule has 5 rings (SSSR count). The van der Waals surface area contributed by atoms with Gasteiger partial charge in [-0.15, -0.1) is 0 Å². The second kappa shape index (κ2) is 4.83. The van der Waals surface area contributed by atoms with Crippen molar-refractivity contribution in [3.05, 3.63) is 11.6 Å². The fourth-order valence-electron chi connectivity index (χ4n) is 5.58. The average molecular weight is 274 g/mol. The van der Waals surface area contributed by atoms with Gasteiger partial charge in [-0.2, -0.15) is 5.10 Å². The van der Waals surface area contributed by atoms with E-state index in [-0.39, 0.29) is 0 Å². The molecule has 0 saturated heterocycles.